The molecule has 2 nitrogen and oxygen atoms in total. The molecule has 0 N–H and O–H groups in total. The second-order valence-corrected chi connectivity index (χ2v) is 4.83. The molecule has 0 saturated carbocycles. The first-order chi connectivity index (χ1) is 7.20. The average Bonchev–Trinajstić information content (AvgIpc) is 2.66. The maximum Gasteiger partial charge on any atom is 0.124 e. The predicted molar refractivity (Wildman–Crippen MR) is 66.5 cm³/mol. The average molecular weight is 284 g/mol. The molecule has 0 bridgehead atoms. The van der Waals surface area contributed by atoms with Gasteiger partial charge in [-0.05, 0) is 34.5 Å². The van der Waals surface area contributed by atoms with Gasteiger partial charge in [-0.15, -0.1) is 11.3 Å². The Bertz CT molecular complexity index is 481. The van der Waals surface area contributed by atoms with Crippen LogP contribution in [0.15, 0.2) is 28.2 Å². The Morgan fingerprint density at radius 3 is 2.80 bits per heavy atom. The van der Waals surface area contributed by atoms with Crippen LogP contribution >= 0.6 is 27.3 Å². The van der Waals surface area contributed by atoms with E-state index in [0.29, 0.717) is 0 Å². The Kier molecular flexibility index (Phi) is 3.07. The van der Waals surface area contributed by atoms with Gasteiger partial charge in [0.25, 0.3) is 0 Å². The fraction of sp³-hybridized carbons (Fsp3) is 0.182. The number of aromatic nitrogens is 1. The van der Waals surface area contributed by atoms with Gasteiger partial charge in [0.2, 0.25) is 0 Å². The molecule has 0 aliphatic heterocycles. The lowest BCUT2D eigenvalue weighted by atomic mass is 10.1. The third kappa shape index (κ3) is 2.21. The summed E-state index contributed by atoms with van der Waals surface area (Å²) in [4.78, 5) is 4.37. The normalized spacial score (nSPS) is 10.3. The van der Waals surface area contributed by atoms with E-state index in [-0.39, 0.29) is 0 Å². The monoisotopic (exact) mass is 283 g/mol. The molecule has 1 aromatic heterocycles. The van der Waals surface area contributed by atoms with E-state index in [1.54, 1.807) is 18.4 Å². The van der Waals surface area contributed by atoms with Crippen molar-refractivity contribution in [3.05, 3.63) is 33.7 Å². The van der Waals surface area contributed by atoms with E-state index < -0.39 is 0 Å². The van der Waals surface area contributed by atoms with Crippen molar-refractivity contribution in [2.24, 2.45) is 0 Å². The molecule has 4 heteroatoms. The van der Waals surface area contributed by atoms with Crippen LogP contribution in [0.5, 0.6) is 5.75 Å². The molecule has 15 heavy (non-hydrogen) atoms. The largest absolute Gasteiger partial charge is 0.496 e. The van der Waals surface area contributed by atoms with Crippen LogP contribution in [-0.2, 0) is 0 Å². The van der Waals surface area contributed by atoms with Crippen molar-refractivity contribution >= 4 is 27.3 Å². The summed E-state index contributed by atoms with van der Waals surface area (Å²) in [6, 6.07) is 6.12. The van der Waals surface area contributed by atoms with Gasteiger partial charge < -0.3 is 4.74 Å². The fourth-order valence-corrected chi connectivity index (χ4v) is 2.59. The summed E-state index contributed by atoms with van der Waals surface area (Å²) in [7, 11) is 1.68. The van der Waals surface area contributed by atoms with Crippen molar-refractivity contribution < 1.29 is 4.74 Å². The molecule has 0 fully saturated rings. The molecule has 78 valence electrons. The Hall–Kier alpha value is -0.870. The van der Waals surface area contributed by atoms with Gasteiger partial charge in [0.15, 0.2) is 0 Å². The molecule has 0 amide bonds. The van der Waals surface area contributed by atoms with Crippen LogP contribution < -0.4 is 4.74 Å². The summed E-state index contributed by atoms with van der Waals surface area (Å²) in [5, 5.41) is 2.97. The molecule has 1 heterocycles. The highest BCUT2D eigenvalue weighted by Crippen LogP contribution is 2.30. The minimum absolute atomic E-state index is 0.877. The molecule has 0 unspecified atom stereocenters. The maximum atomic E-state index is 5.28. The van der Waals surface area contributed by atoms with Gasteiger partial charge >= 0.3 is 0 Å². The van der Waals surface area contributed by atoms with Crippen molar-refractivity contribution in [2.75, 3.05) is 7.11 Å². The van der Waals surface area contributed by atoms with E-state index >= 15 is 0 Å². The van der Waals surface area contributed by atoms with Gasteiger partial charge in [0.1, 0.15) is 15.4 Å². The van der Waals surface area contributed by atoms with E-state index in [0.717, 1.165) is 26.5 Å². The Morgan fingerprint density at radius 1 is 1.40 bits per heavy atom. The van der Waals surface area contributed by atoms with Crippen LogP contribution in [0.1, 0.15) is 5.56 Å². The third-order valence-electron chi connectivity index (χ3n) is 2.13. The fourth-order valence-electron chi connectivity index (χ4n) is 1.34. The number of hydrogen-bond donors (Lipinski definition) is 0. The van der Waals surface area contributed by atoms with Gasteiger partial charge in [0, 0.05) is 10.9 Å². The number of ether oxygens (including phenoxy) is 1. The zero-order chi connectivity index (χ0) is 10.8. The lowest BCUT2D eigenvalue weighted by molar-refractivity contribution is 0.412. The molecule has 0 atom stereocenters. The highest BCUT2D eigenvalue weighted by molar-refractivity contribution is 9.10. The Morgan fingerprint density at radius 2 is 2.20 bits per heavy atom. The van der Waals surface area contributed by atoms with Crippen molar-refractivity contribution in [1.82, 2.24) is 4.98 Å². The maximum absolute atomic E-state index is 5.28. The highest BCUT2D eigenvalue weighted by Gasteiger charge is 2.05. The Balaban J connectivity index is 2.45. The lowest BCUT2D eigenvalue weighted by Gasteiger charge is -2.05. The number of benzene rings is 1. The van der Waals surface area contributed by atoms with E-state index in [9.17, 15) is 0 Å². The van der Waals surface area contributed by atoms with E-state index in [4.69, 9.17) is 4.74 Å². The second kappa shape index (κ2) is 4.33. The van der Waals surface area contributed by atoms with Crippen LogP contribution in [0.2, 0.25) is 0 Å². The van der Waals surface area contributed by atoms with Gasteiger partial charge in [-0.25, -0.2) is 4.98 Å². The zero-order valence-electron chi connectivity index (χ0n) is 8.45. The summed E-state index contributed by atoms with van der Waals surface area (Å²) in [6.07, 6.45) is 0. The van der Waals surface area contributed by atoms with Gasteiger partial charge in [-0.2, -0.15) is 0 Å². The van der Waals surface area contributed by atoms with E-state index in [1.807, 2.05) is 24.4 Å². The minimum atomic E-state index is 0.877. The van der Waals surface area contributed by atoms with Crippen LogP contribution in [-0.4, -0.2) is 12.1 Å². The third-order valence-corrected chi connectivity index (χ3v) is 3.73. The molecule has 2 rings (SSSR count). The van der Waals surface area contributed by atoms with Gasteiger partial charge in [-0.1, -0.05) is 12.1 Å². The quantitative estimate of drug-likeness (QED) is 0.834. The first kappa shape index (κ1) is 10.6. The number of thiazole rings is 1. The van der Waals surface area contributed by atoms with Crippen molar-refractivity contribution in [1.29, 1.82) is 0 Å². The summed E-state index contributed by atoms with van der Waals surface area (Å²) in [5.74, 6) is 0.902. The predicted octanol–water partition coefficient (Wildman–Crippen LogP) is 3.89. The highest BCUT2D eigenvalue weighted by atomic mass is 79.9. The molecule has 1 aromatic carbocycles. The molecule has 0 spiro atoms. The first-order valence-corrected chi connectivity index (χ1v) is 6.14. The summed E-state index contributed by atoms with van der Waals surface area (Å²) < 4.78 is 6.16. The molecule has 0 radical (unpaired) electrons. The number of methoxy groups -OCH3 is 1. The van der Waals surface area contributed by atoms with Crippen molar-refractivity contribution in [3.63, 3.8) is 0 Å². The molecular formula is C11H10BrNOS. The number of aryl methyl sites for hydroxylation is 1. The molecule has 2 aromatic rings. The standard InChI is InChI=1S/C11H10BrNOS/c1-7-3-4-8(5-9(7)14-2)11-13-10(12)6-15-11/h3-6H,1-2H3. The first-order valence-electron chi connectivity index (χ1n) is 4.47. The number of hydrogen-bond acceptors (Lipinski definition) is 3. The number of halogens is 1. The van der Waals surface area contributed by atoms with Crippen LogP contribution in [0, 0.1) is 6.92 Å². The molecule has 0 saturated heterocycles. The van der Waals surface area contributed by atoms with E-state index in [2.05, 4.69) is 27.0 Å². The van der Waals surface area contributed by atoms with Crippen LogP contribution in [0.3, 0.4) is 0 Å². The van der Waals surface area contributed by atoms with Gasteiger partial charge in [-0.3, -0.25) is 0 Å². The van der Waals surface area contributed by atoms with Crippen molar-refractivity contribution in [2.45, 2.75) is 6.92 Å². The SMILES string of the molecule is COc1cc(-c2nc(Br)cs2)ccc1C. The van der Waals surface area contributed by atoms with Gasteiger partial charge in [0.05, 0.1) is 7.11 Å². The second-order valence-electron chi connectivity index (χ2n) is 3.16. The van der Waals surface area contributed by atoms with Crippen LogP contribution in [0.25, 0.3) is 10.6 Å². The lowest BCUT2D eigenvalue weighted by Crippen LogP contribution is -1.87. The van der Waals surface area contributed by atoms with E-state index in [1.165, 1.54) is 0 Å². The van der Waals surface area contributed by atoms with Crippen LogP contribution in [0.4, 0.5) is 0 Å². The number of nitrogens with zero attached hydrogens (tertiary/aromatic N) is 1. The number of rotatable bonds is 2. The topological polar surface area (TPSA) is 22.1 Å². The summed E-state index contributed by atoms with van der Waals surface area (Å²) >= 11 is 4.96. The summed E-state index contributed by atoms with van der Waals surface area (Å²) in [5.41, 5.74) is 2.23. The smallest absolute Gasteiger partial charge is 0.124 e. The molecule has 0 aliphatic rings. The minimum Gasteiger partial charge on any atom is -0.496 e. The summed E-state index contributed by atoms with van der Waals surface area (Å²) in [6.45, 7) is 2.03. The molecule has 0 aliphatic carbocycles. The zero-order valence-corrected chi connectivity index (χ0v) is 10.9. The van der Waals surface area contributed by atoms with Crippen molar-refractivity contribution in [3.8, 4) is 16.3 Å². The Labute approximate surface area is 101 Å². The molecular weight excluding hydrogens is 274 g/mol.